The lowest BCUT2D eigenvalue weighted by atomic mass is 10.1. The molecule has 0 aliphatic heterocycles. The summed E-state index contributed by atoms with van der Waals surface area (Å²) in [6.45, 7) is 3.47. The van der Waals surface area contributed by atoms with Crippen LogP contribution in [0.25, 0.3) is 0 Å². The van der Waals surface area contributed by atoms with E-state index in [1.165, 1.54) is 4.68 Å². The van der Waals surface area contributed by atoms with Gasteiger partial charge in [0.25, 0.3) is 0 Å². The molecule has 0 bridgehead atoms. The molecule has 2 aromatic heterocycles. The summed E-state index contributed by atoms with van der Waals surface area (Å²) in [6.07, 6.45) is 0.571. The first-order chi connectivity index (χ1) is 11.0. The molecule has 3 rings (SSSR count). The summed E-state index contributed by atoms with van der Waals surface area (Å²) >= 11 is 0. The van der Waals surface area contributed by atoms with E-state index in [4.69, 9.17) is 4.52 Å². The molecule has 1 aromatic carbocycles. The summed E-state index contributed by atoms with van der Waals surface area (Å²) in [5, 5.41) is 19.1. The largest absolute Gasteiger partial charge is 0.337 e. The Balaban J connectivity index is 1.77. The van der Waals surface area contributed by atoms with E-state index < -0.39 is 4.92 Å². The van der Waals surface area contributed by atoms with Crippen LogP contribution < -0.4 is 0 Å². The summed E-state index contributed by atoms with van der Waals surface area (Å²) in [6, 6.07) is 9.82. The first-order valence-corrected chi connectivity index (χ1v) is 7.08. The number of aromatic nitrogens is 4. The molecule has 2 heterocycles. The lowest BCUT2D eigenvalue weighted by Gasteiger charge is -1.98. The number of nitrogens with zero attached hydrogens (tertiary/aromatic N) is 5. The molecule has 0 aliphatic carbocycles. The van der Waals surface area contributed by atoms with Crippen molar-refractivity contribution in [3.63, 3.8) is 0 Å². The van der Waals surface area contributed by atoms with Gasteiger partial charge in [0.2, 0.25) is 5.89 Å². The molecule has 0 N–H and O–H groups in total. The second-order valence-corrected chi connectivity index (χ2v) is 5.20. The van der Waals surface area contributed by atoms with Crippen LogP contribution in [0.4, 0.5) is 5.69 Å². The second-order valence-electron chi connectivity index (χ2n) is 5.20. The first-order valence-electron chi connectivity index (χ1n) is 7.08. The molecule has 0 saturated carbocycles. The van der Waals surface area contributed by atoms with Crippen molar-refractivity contribution >= 4 is 5.69 Å². The Morgan fingerprint density at radius 3 is 2.65 bits per heavy atom. The topological polar surface area (TPSA) is 99.9 Å². The number of rotatable bonds is 5. The van der Waals surface area contributed by atoms with Crippen LogP contribution in [-0.2, 0) is 13.0 Å². The average Bonchev–Trinajstić information content (AvgIpc) is 3.05. The molecular formula is C15H15N5O3. The predicted molar refractivity (Wildman–Crippen MR) is 81.0 cm³/mol. The van der Waals surface area contributed by atoms with Crippen LogP contribution >= 0.6 is 0 Å². The molecule has 8 heteroatoms. The molecular weight excluding hydrogens is 298 g/mol. The summed E-state index contributed by atoms with van der Waals surface area (Å²) in [5.74, 6) is 0.943. The number of hydrogen-bond donors (Lipinski definition) is 0. The highest BCUT2D eigenvalue weighted by atomic mass is 16.6. The number of aryl methyl sites for hydroxylation is 1. The second kappa shape index (κ2) is 5.99. The molecule has 0 amide bonds. The summed E-state index contributed by atoms with van der Waals surface area (Å²) in [5.41, 5.74) is 1.95. The van der Waals surface area contributed by atoms with Gasteiger partial charge in [0, 0.05) is 6.42 Å². The molecule has 8 nitrogen and oxygen atoms in total. The van der Waals surface area contributed by atoms with Crippen molar-refractivity contribution in [1.29, 1.82) is 0 Å². The summed E-state index contributed by atoms with van der Waals surface area (Å²) < 4.78 is 6.72. The zero-order chi connectivity index (χ0) is 16.4. The zero-order valence-corrected chi connectivity index (χ0v) is 12.8. The Hall–Kier alpha value is -3.03. The van der Waals surface area contributed by atoms with Gasteiger partial charge < -0.3 is 4.52 Å². The standard InChI is InChI=1S/C15H15N5O3/c1-10-15(20(21)22)11(2)19(17-10)9-14-16-13(18-23-14)8-12-6-4-3-5-7-12/h3-7H,8-9H2,1-2H3. The number of nitro groups is 1. The molecule has 118 valence electrons. The van der Waals surface area contributed by atoms with Crippen LogP contribution in [0.15, 0.2) is 34.9 Å². The Bertz CT molecular complexity index is 838. The van der Waals surface area contributed by atoms with Crippen molar-refractivity contribution in [2.24, 2.45) is 0 Å². The van der Waals surface area contributed by atoms with Crippen LogP contribution in [0.2, 0.25) is 0 Å². The lowest BCUT2D eigenvalue weighted by molar-refractivity contribution is -0.386. The van der Waals surface area contributed by atoms with Crippen molar-refractivity contribution in [1.82, 2.24) is 19.9 Å². The fraction of sp³-hybridized carbons (Fsp3) is 0.267. The van der Waals surface area contributed by atoms with Gasteiger partial charge in [0.1, 0.15) is 17.9 Å². The fourth-order valence-corrected chi connectivity index (χ4v) is 2.44. The van der Waals surface area contributed by atoms with E-state index in [-0.39, 0.29) is 12.2 Å². The minimum Gasteiger partial charge on any atom is -0.337 e. The van der Waals surface area contributed by atoms with E-state index in [1.807, 2.05) is 30.3 Å². The minimum absolute atomic E-state index is 0.0222. The maximum atomic E-state index is 11.0. The van der Waals surface area contributed by atoms with Crippen LogP contribution in [0, 0.1) is 24.0 Å². The van der Waals surface area contributed by atoms with Crippen LogP contribution in [0.5, 0.6) is 0 Å². The van der Waals surface area contributed by atoms with Gasteiger partial charge in [-0.25, -0.2) is 0 Å². The monoisotopic (exact) mass is 313 g/mol. The SMILES string of the molecule is Cc1nn(Cc2nc(Cc3ccccc3)no2)c(C)c1[N+](=O)[O-]. The number of hydrogen-bond acceptors (Lipinski definition) is 6. The van der Waals surface area contributed by atoms with Gasteiger partial charge in [0.15, 0.2) is 5.82 Å². The van der Waals surface area contributed by atoms with Crippen LogP contribution in [-0.4, -0.2) is 24.8 Å². The molecule has 0 fully saturated rings. The predicted octanol–water partition coefficient (Wildman–Crippen LogP) is 2.43. The van der Waals surface area contributed by atoms with E-state index in [0.29, 0.717) is 29.5 Å². The maximum Gasteiger partial charge on any atom is 0.312 e. The van der Waals surface area contributed by atoms with Crippen molar-refractivity contribution < 1.29 is 9.45 Å². The lowest BCUT2D eigenvalue weighted by Crippen LogP contribution is -2.05. The van der Waals surface area contributed by atoms with Gasteiger partial charge >= 0.3 is 5.69 Å². The Morgan fingerprint density at radius 2 is 2.00 bits per heavy atom. The molecule has 0 atom stereocenters. The van der Waals surface area contributed by atoms with Gasteiger partial charge in [0.05, 0.1) is 4.92 Å². The highest BCUT2D eigenvalue weighted by molar-refractivity contribution is 5.39. The van der Waals surface area contributed by atoms with E-state index in [1.54, 1.807) is 13.8 Å². The third-order valence-corrected chi connectivity index (χ3v) is 3.53. The smallest absolute Gasteiger partial charge is 0.312 e. The third-order valence-electron chi connectivity index (χ3n) is 3.53. The van der Waals surface area contributed by atoms with E-state index in [0.717, 1.165) is 5.56 Å². The Morgan fingerprint density at radius 1 is 1.26 bits per heavy atom. The molecule has 0 saturated heterocycles. The quantitative estimate of drug-likeness (QED) is 0.530. The average molecular weight is 313 g/mol. The van der Waals surface area contributed by atoms with Crippen molar-refractivity contribution in [2.45, 2.75) is 26.8 Å². The third kappa shape index (κ3) is 3.10. The first kappa shape index (κ1) is 14.9. The number of benzene rings is 1. The van der Waals surface area contributed by atoms with Crippen LogP contribution in [0.1, 0.15) is 28.7 Å². The highest BCUT2D eigenvalue weighted by Crippen LogP contribution is 2.22. The van der Waals surface area contributed by atoms with E-state index in [2.05, 4.69) is 15.2 Å². The molecule has 3 aromatic rings. The van der Waals surface area contributed by atoms with E-state index >= 15 is 0 Å². The highest BCUT2D eigenvalue weighted by Gasteiger charge is 2.22. The molecule has 0 spiro atoms. The van der Waals surface area contributed by atoms with Gasteiger partial charge in [-0.2, -0.15) is 10.1 Å². The Kier molecular flexibility index (Phi) is 3.88. The maximum absolute atomic E-state index is 11.0. The molecule has 0 aliphatic rings. The normalized spacial score (nSPS) is 10.9. The summed E-state index contributed by atoms with van der Waals surface area (Å²) in [4.78, 5) is 14.9. The van der Waals surface area contributed by atoms with Gasteiger partial charge in [-0.05, 0) is 19.4 Å². The van der Waals surface area contributed by atoms with Crippen LogP contribution in [0.3, 0.4) is 0 Å². The summed E-state index contributed by atoms with van der Waals surface area (Å²) in [7, 11) is 0. The molecule has 0 radical (unpaired) electrons. The van der Waals surface area contributed by atoms with Crippen molar-refractivity contribution in [3.8, 4) is 0 Å². The van der Waals surface area contributed by atoms with Crippen molar-refractivity contribution in [3.05, 3.63) is 69.1 Å². The molecule has 23 heavy (non-hydrogen) atoms. The minimum atomic E-state index is -0.428. The van der Waals surface area contributed by atoms with Gasteiger partial charge in [-0.1, -0.05) is 35.5 Å². The van der Waals surface area contributed by atoms with Gasteiger partial charge in [-0.15, -0.1) is 0 Å². The fourth-order valence-electron chi connectivity index (χ4n) is 2.44. The zero-order valence-electron chi connectivity index (χ0n) is 12.8. The molecule has 0 unspecified atom stereocenters. The Labute approximate surface area is 131 Å². The van der Waals surface area contributed by atoms with E-state index in [9.17, 15) is 10.1 Å². The van der Waals surface area contributed by atoms with Gasteiger partial charge in [-0.3, -0.25) is 14.8 Å². The van der Waals surface area contributed by atoms with Crippen molar-refractivity contribution in [2.75, 3.05) is 0 Å².